The van der Waals surface area contributed by atoms with Crippen LogP contribution in [0, 0.1) is 6.92 Å². The van der Waals surface area contributed by atoms with Crippen molar-refractivity contribution in [2.75, 3.05) is 45.4 Å². The number of ether oxygens (including phenoxy) is 2. The molecule has 2 aromatic rings. The number of anilines is 1. The van der Waals surface area contributed by atoms with E-state index in [-0.39, 0.29) is 41.1 Å². The Hall–Kier alpha value is -3.29. The molecule has 2 aliphatic heterocycles. The lowest BCUT2D eigenvalue weighted by Crippen LogP contribution is -2.57. The summed E-state index contributed by atoms with van der Waals surface area (Å²) >= 11 is 6.44. The van der Waals surface area contributed by atoms with Crippen LogP contribution in [0.3, 0.4) is 0 Å². The predicted molar refractivity (Wildman–Crippen MR) is 139 cm³/mol. The number of hydrogen-bond acceptors (Lipinski definition) is 10. The van der Waals surface area contributed by atoms with E-state index < -0.39 is 17.6 Å². The second-order valence-electron chi connectivity index (χ2n) is 8.15. The number of carbonyl (C=O) groups excluding carboxylic acids is 3. The molecular formula is C23H25N5O6S2. The average Bonchev–Trinajstić information content (AvgIpc) is 3.13. The number of aryl methyl sites for hydroxylation is 1. The van der Waals surface area contributed by atoms with E-state index in [1.807, 2.05) is 13.0 Å². The maximum absolute atomic E-state index is 13.7. The van der Waals surface area contributed by atoms with Crippen LogP contribution in [0.1, 0.15) is 17.5 Å². The molecule has 0 radical (unpaired) electrons. The van der Waals surface area contributed by atoms with E-state index in [1.54, 1.807) is 17.2 Å². The Kier molecular flexibility index (Phi) is 7.71. The van der Waals surface area contributed by atoms with Gasteiger partial charge in [0.2, 0.25) is 5.91 Å². The van der Waals surface area contributed by atoms with Crippen LogP contribution in [0.15, 0.2) is 28.0 Å². The molecule has 0 aromatic carbocycles. The summed E-state index contributed by atoms with van der Waals surface area (Å²) < 4.78 is 11.6. The van der Waals surface area contributed by atoms with Crippen LogP contribution >= 0.6 is 24.0 Å². The number of esters is 1. The first kappa shape index (κ1) is 25.8. The van der Waals surface area contributed by atoms with Crippen molar-refractivity contribution in [3.63, 3.8) is 0 Å². The lowest BCUT2D eigenvalue weighted by molar-refractivity contribution is -0.143. The third-order valence-corrected chi connectivity index (χ3v) is 7.30. The SMILES string of the molecule is COCCN1C(=O)/C(=C/c2c(N3CCNC(=O)[C@H]3CC(=O)OC)nc3c(C)cccn3c2=O)SC1=S. The molecule has 13 heteroatoms. The van der Waals surface area contributed by atoms with Gasteiger partial charge in [0.05, 0.1) is 37.2 Å². The minimum absolute atomic E-state index is 0.120. The zero-order chi connectivity index (χ0) is 26.0. The minimum atomic E-state index is -0.937. The standard InChI is InChI=1S/C23H25N5O6S2/c1-13-5-4-7-27-18(13)25-19(26-8-6-24-20(30)15(26)12-17(29)34-3)14(21(27)31)11-16-22(32)28(9-10-33-2)23(35)36-16/h4-5,7,11,15H,6,8-10,12H2,1-3H3,(H,24,30)/b16-11-/t15-/m1/s1. The van der Waals surface area contributed by atoms with Gasteiger partial charge in [-0.1, -0.05) is 30.0 Å². The quantitative estimate of drug-likeness (QED) is 0.311. The van der Waals surface area contributed by atoms with Crippen LogP contribution in [-0.4, -0.2) is 82.9 Å². The highest BCUT2D eigenvalue weighted by molar-refractivity contribution is 8.26. The second-order valence-corrected chi connectivity index (χ2v) is 9.82. The summed E-state index contributed by atoms with van der Waals surface area (Å²) in [4.78, 5) is 59.7. The van der Waals surface area contributed by atoms with Crippen molar-refractivity contribution in [3.05, 3.63) is 44.7 Å². The minimum Gasteiger partial charge on any atom is -0.469 e. The zero-order valence-corrected chi connectivity index (χ0v) is 21.6. The molecule has 4 rings (SSSR count). The summed E-state index contributed by atoms with van der Waals surface area (Å²) in [5, 5.41) is 2.75. The van der Waals surface area contributed by atoms with Crippen LogP contribution in [0.5, 0.6) is 0 Å². The summed E-state index contributed by atoms with van der Waals surface area (Å²) in [6.07, 6.45) is 2.83. The number of nitrogens with zero attached hydrogens (tertiary/aromatic N) is 4. The zero-order valence-electron chi connectivity index (χ0n) is 20.0. The predicted octanol–water partition coefficient (Wildman–Crippen LogP) is 0.718. The van der Waals surface area contributed by atoms with Crippen LogP contribution in [-0.2, 0) is 23.9 Å². The van der Waals surface area contributed by atoms with E-state index in [9.17, 15) is 19.2 Å². The first-order valence-corrected chi connectivity index (χ1v) is 12.4. The fourth-order valence-corrected chi connectivity index (χ4v) is 5.35. The van der Waals surface area contributed by atoms with Gasteiger partial charge in [0, 0.05) is 26.4 Å². The molecule has 0 aliphatic carbocycles. The number of thiocarbonyl (C=S) groups is 1. The van der Waals surface area contributed by atoms with E-state index in [1.165, 1.54) is 29.6 Å². The summed E-state index contributed by atoms with van der Waals surface area (Å²) in [6.45, 7) is 3.01. The number of pyridine rings is 1. The number of thioether (sulfide) groups is 1. The molecule has 1 N–H and O–H groups in total. The number of fused-ring (bicyclic) bond motifs is 1. The molecule has 1 atom stereocenters. The Labute approximate surface area is 216 Å². The number of aromatic nitrogens is 2. The van der Waals surface area contributed by atoms with Gasteiger partial charge < -0.3 is 19.7 Å². The second kappa shape index (κ2) is 10.8. The topological polar surface area (TPSA) is 123 Å². The molecule has 11 nitrogen and oxygen atoms in total. The molecule has 4 heterocycles. The molecule has 0 saturated carbocycles. The Balaban J connectivity index is 1.89. The Bertz CT molecular complexity index is 1340. The molecule has 0 bridgehead atoms. The van der Waals surface area contributed by atoms with E-state index in [0.717, 1.165) is 17.3 Å². The highest BCUT2D eigenvalue weighted by Gasteiger charge is 2.36. The third kappa shape index (κ3) is 4.86. The van der Waals surface area contributed by atoms with E-state index in [2.05, 4.69) is 5.32 Å². The molecule has 36 heavy (non-hydrogen) atoms. The molecular weight excluding hydrogens is 506 g/mol. The highest BCUT2D eigenvalue weighted by Crippen LogP contribution is 2.34. The van der Waals surface area contributed by atoms with Gasteiger partial charge in [-0.3, -0.25) is 28.5 Å². The average molecular weight is 532 g/mol. The van der Waals surface area contributed by atoms with Crippen LogP contribution < -0.4 is 15.8 Å². The van der Waals surface area contributed by atoms with Crippen molar-refractivity contribution < 1.29 is 23.9 Å². The smallest absolute Gasteiger partial charge is 0.308 e. The van der Waals surface area contributed by atoms with Crippen LogP contribution in [0.25, 0.3) is 11.7 Å². The summed E-state index contributed by atoms with van der Waals surface area (Å²) in [7, 11) is 2.78. The molecule has 2 saturated heterocycles. The number of nitrogens with one attached hydrogen (secondary N) is 1. The Morgan fingerprint density at radius 3 is 2.83 bits per heavy atom. The maximum Gasteiger partial charge on any atom is 0.308 e. The van der Waals surface area contributed by atoms with Gasteiger partial charge in [0.1, 0.15) is 21.8 Å². The number of methoxy groups -OCH3 is 2. The van der Waals surface area contributed by atoms with Gasteiger partial charge in [-0.2, -0.15) is 0 Å². The van der Waals surface area contributed by atoms with Gasteiger partial charge in [-0.15, -0.1) is 0 Å². The number of piperazine rings is 1. The van der Waals surface area contributed by atoms with Crippen molar-refractivity contribution in [2.45, 2.75) is 19.4 Å². The lowest BCUT2D eigenvalue weighted by atomic mass is 10.1. The van der Waals surface area contributed by atoms with Crippen LogP contribution in [0.2, 0.25) is 0 Å². The van der Waals surface area contributed by atoms with Crippen molar-refractivity contribution in [3.8, 4) is 0 Å². The highest BCUT2D eigenvalue weighted by atomic mass is 32.2. The van der Waals surface area contributed by atoms with Gasteiger partial charge in [0.25, 0.3) is 11.5 Å². The van der Waals surface area contributed by atoms with E-state index in [4.69, 9.17) is 26.7 Å². The molecule has 190 valence electrons. The first-order valence-electron chi connectivity index (χ1n) is 11.1. The molecule has 0 unspecified atom stereocenters. The number of hydrogen-bond donors (Lipinski definition) is 1. The Morgan fingerprint density at radius 1 is 1.33 bits per heavy atom. The normalized spacial score (nSPS) is 19.4. The van der Waals surface area contributed by atoms with Gasteiger partial charge in [-0.05, 0) is 24.6 Å². The van der Waals surface area contributed by atoms with Crippen molar-refractivity contribution >= 4 is 63.6 Å². The number of carbonyl (C=O) groups is 3. The molecule has 2 fully saturated rings. The van der Waals surface area contributed by atoms with Gasteiger partial charge >= 0.3 is 5.97 Å². The molecule has 0 spiro atoms. The van der Waals surface area contributed by atoms with Gasteiger partial charge in [0.15, 0.2) is 0 Å². The molecule has 2 aliphatic rings. The largest absolute Gasteiger partial charge is 0.469 e. The van der Waals surface area contributed by atoms with Crippen LogP contribution in [0.4, 0.5) is 5.82 Å². The fraction of sp³-hybridized carbons (Fsp3) is 0.391. The monoisotopic (exact) mass is 531 g/mol. The number of amides is 2. The van der Waals surface area contributed by atoms with Crippen molar-refractivity contribution in [2.24, 2.45) is 0 Å². The Morgan fingerprint density at radius 2 is 2.11 bits per heavy atom. The fourth-order valence-electron chi connectivity index (χ4n) is 4.06. The van der Waals surface area contributed by atoms with E-state index >= 15 is 0 Å². The summed E-state index contributed by atoms with van der Waals surface area (Å²) in [6, 6.07) is 2.61. The molecule has 2 amide bonds. The first-order chi connectivity index (χ1) is 17.3. The number of rotatable bonds is 7. The van der Waals surface area contributed by atoms with Crippen molar-refractivity contribution in [1.29, 1.82) is 0 Å². The van der Waals surface area contributed by atoms with Gasteiger partial charge in [-0.25, -0.2) is 4.98 Å². The lowest BCUT2D eigenvalue weighted by Gasteiger charge is -2.36. The summed E-state index contributed by atoms with van der Waals surface area (Å²) in [5.74, 6) is -1.09. The summed E-state index contributed by atoms with van der Waals surface area (Å²) in [5.41, 5.74) is 0.864. The van der Waals surface area contributed by atoms with E-state index in [0.29, 0.717) is 29.7 Å². The third-order valence-electron chi connectivity index (χ3n) is 5.92. The molecule has 2 aromatic heterocycles. The van der Waals surface area contributed by atoms with Crippen molar-refractivity contribution in [1.82, 2.24) is 19.6 Å². The maximum atomic E-state index is 13.7.